The summed E-state index contributed by atoms with van der Waals surface area (Å²) in [4.78, 5) is 16.0. The number of ketones is 1. The Balaban J connectivity index is 2.54. The predicted octanol–water partition coefficient (Wildman–Crippen LogP) is 3.90. The summed E-state index contributed by atoms with van der Waals surface area (Å²) < 4.78 is 25.7. The number of hydrogen-bond donors (Lipinski definition) is 0. The van der Waals surface area contributed by atoms with E-state index in [2.05, 4.69) is 4.98 Å². The number of alkyl halides is 2. The molecule has 0 unspecified atom stereocenters. The Hall–Kier alpha value is -1.81. The Morgan fingerprint density at radius 3 is 2.56 bits per heavy atom. The van der Waals surface area contributed by atoms with Crippen molar-refractivity contribution in [1.29, 1.82) is 0 Å². The topological polar surface area (TPSA) is 30.0 Å². The Kier molecular flexibility index (Phi) is 3.67. The van der Waals surface area contributed by atoms with Crippen molar-refractivity contribution in [2.75, 3.05) is 0 Å². The van der Waals surface area contributed by atoms with E-state index in [4.69, 9.17) is 11.6 Å². The number of aromatic nitrogens is 1. The molecule has 0 N–H and O–H groups in total. The lowest BCUT2D eigenvalue weighted by Gasteiger charge is -2.09. The van der Waals surface area contributed by atoms with E-state index >= 15 is 0 Å². The van der Waals surface area contributed by atoms with Crippen molar-refractivity contribution >= 4 is 17.4 Å². The second kappa shape index (κ2) is 5.23. The molecule has 0 bridgehead atoms. The molecule has 2 aromatic rings. The summed E-state index contributed by atoms with van der Waals surface area (Å²) in [6.45, 7) is 0. The standard InChI is InChI=1S/C13H8ClF2NO/c14-9-5-3-4-8(13(15)16)11(9)12(18)10-6-1-2-7-17-10/h1-7,13H. The van der Waals surface area contributed by atoms with E-state index < -0.39 is 12.2 Å². The lowest BCUT2D eigenvalue weighted by atomic mass is 10.0. The molecule has 0 aliphatic heterocycles. The Labute approximate surface area is 107 Å². The summed E-state index contributed by atoms with van der Waals surface area (Å²) in [6.07, 6.45) is -1.34. The molecule has 1 aromatic carbocycles. The first kappa shape index (κ1) is 12.6. The molecule has 1 aromatic heterocycles. The number of nitrogens with zero attached hydrogens (tertiary/aromatic N) is 1. The molecule has 92 valence electrons. The maximum absolute atomic E-state index is 12.9. The van der Waals surface area contributed by atoms with Crippen LogP contribution in [0.25, 0.3) is 0 Å². The van der Waals surface area contributed by atoms with Gasteiger partial charge in [-0.1, -0.05) is 29.8 Å². The van der Waals surface area contributed by atoms with Crippen molar-refractivity contribution in [2.24, 2.45) is 0 Å². The van der Waals surface area contributed by atoms with Crippen LogP contribution in [0.2, 0.25) is 5.02 Å². The van der Waals surface area contributed by atoms with Crippen LogP contribution in [-0.4, -0.2) is 10.8 Å². The van der Waals surface area contributed by atoms with Gasteiger partial charge >= 0.3 is 0 Å². The number of benzene rings is 1. The van der Waals surface area contributed by atoms with Gasteiger partial charge in [0.15, 0.2) is 0 Å². The van der Waals surface area contributed by atoms with E-state index in [1.807, 2.05) is 0 Å². The van der Waals surface area contributed by atoms with Crippen LogP contribution in [0.1, 0.15) is 28.0 Å². The SMILES string of the molecule is O=C(c1ccccn1)c1c(Cl)cccc1C(F)F. The van der Waals surface area contributed by atoms with E-state index in [1.165, 1.54) is 30.5 Å². The van der Waals surface area contributed by atoms with Gasteiger partial charge in [-0.05, 0) is 18.2 Å². The number of carbonyl (C=O) groups is 1. The molecular formula is C13H8ClF2NO. The van der Waals surface area contributed by atoms with Crippen molar-refractivity contribution in [3.05, 3.63) is 64.4 Å². The number of rotatable bonds is 3. The molecule has 2 nitrogen and oxygen atoms in total. The highest BCUT2D eigenvalue weighted by atomic mass is 35.5. The van der Waals surface area contributed by atoms with Crippen molar-refractivity contribution in [1.82, 2.24) is 4.98 Å². The molecule has 0 fully saturated rings. The monoisotopic (exact) mass is 267 g/mol. The Morgan fingerprint density at radius 2 is 1.94 bits per heavy atom. The predicted molar refractivity (Wildman–Crippen MR) is 64.1 cm³/mol. The molecule has 0 amide bonds. The van der Waals surface area contributed by atoms with Crippen LogP contribution < -0.4 is 0 Å². The van der Waals surface area contributed by atoms with Gasteiger partial charge in [0.05, 0.1) is 10.6 Å². The van der Waals surface area contributed by atoms with E-state index in [-0.39, 0.29) is 21.8 Å². The summed E-state index contributed by atoms with van der Waals surface area (Å²) in [5, 5.41) is 0.00320. The van der Waals surface area contributed by atoms with Gasteiger partial charge in [-0.15, -0.1) is 0 Å². The molecule has 0 saturated heterocycles. The van der Waals surface area contributed by atoms with Crippen LogP contribution >= 0.6 is 11.6 Å². The highest BCUT2D eigenvalue weighted by molar-refractivity contribution is 6.35. The molecule has 0 saturated carbocycles. The fourth-order valence-electron chi connectivity index (χ4n) is 1.59. The summed E-state index contributed by atoms with van der Waals surface area (Å²) in [5.74, 6) is -0.600. The van der Waals surface area contributed by atoms with Gasteiger partial charge in [-0.2, -0.15) is 0 Å². The molecule has 2 rings (SSSR count). The highest BCUT2D eigenvalue weighted by Crippen LogP contribution is 2.29. The summed E-state index contributed by atoms with van der Waals surface area (Å²) >= 11 is 5.84. The molecule has 1 heterocycles. The molecule has 5 heteroatoms. The fourth-order valence-corrected chi connectivity index (χ4v) is 1.86. The third-order valence-corrected chi connectivity index (χ3v) is 2.72. The largest absolute Gasteiger partial charge is 0.287 e. The van der Waals surface area contributed by atoms with Gasteiger partial charge in [0.25, 0.3) is 6.43 Å². The first-order valence-corrected chi connectivity index (χ1v) is 5.51. The number of halogens is 3. The quantitative estimate of drug-likeness (QED) is 0.790. The second-order valence-corrected chi connectivity index (χ2v) is 3.96. The summed E-state index contributed by atoms with van der Waals surface area (Å²) in [6, 6.07) is 8.69. The van der Waals surface area contributed by atoms with Crippen LogP contribution in [0.15, 0.2) is 42.6 Å². The van der Waals surface area contributed by atoms with E-state index in [0.717, 1.165) is 0 Å². The van der Waals surface area contributed by atoms with Crippen LogP contribution in [0.5, 0.6) is 0 Å². The zero-order chi connectivity index (χ0) is 13.1. The number of pyridine rings is 1. The zero-order valence-electron chi connectivity index (χ0n) is 9.11. The minimum Gasteiger partial charge on any atom is -0.287 e. The first-order valence-electron chi connectivity index (χ1n) is 5.13. The number of hydrogen-bond acceptors (Lipinski definition) is 2. The third kappa shape index (κ3) is 2.38. The average molecular weight is 268 g/mol. The lowest BCUT2D eigenvalue weighted by molar-refractivity contribution is 0.102. The fraction of sp³-hybridized carbons (Fsp3) is 0.0769. The summed E-state index contributed by atoms with van der Waals surface area (Å²) in [7, 11) is 0. The van der Waals surface area contributed by atoms with Crippen molar-refractivity contribution < 1.29 is 13.6 Å². The zero-order valence-corrected chi connectivity index (χ0v) is 9.86. The average Bonchev–Trinajstić information content (AvgIpc) is 2.38. The van der Waals surface area contributed by atoms with Gasteiger partial charge in [0.1, 0.15) is 5.69 Å². The minimum absolute atomic E-state index is 0.00320. The second-order valence-electron chi connectivity index (χ2n) is 3.55. The minimum atomic E-state index is -2.76. The Bertz CT molecular complexity index is 572. The summed E-state index contributed by atoms with van der Waals surface area (Å²) in [5.41, 5.74) is -0.474. The van der Waals surface area contributed by atoms with Crippen LogP contribution in [-0.2, 0) is 0 Å². The van der Waals surface area contributed by atoms with Gasteiger partial charge in [0, 0.05) is 11.8 Å². The highest BCUT2D eigenvalue weighted by Gasteiger charge is 2.22. The molecule has 0 aliphatic carbocycles. The van der Waals surface area contributed by atoms with Crippen molar-refractivity contribution in [3.63, 3.8) is 0 Å². The van der Waals surface area contributed by atoms with Crippen LogP contribution in [0.4, 0.5) is 8.78 Å². The smallest absolute Gasteiger partial charge is 0.264 e. The van der Waals surface area contributed by atoms with E-state index in [1.54, 1.807) is 12.1 Å². The molecule has 18 heavy (non-hydrogen) atoms. The first-order chi connectivity index (χ1) is 8.61. The van der Waals surface area contributed by atoms with Gasteiger partial charge in [-0.3, -0.25) is 9.78 Å². The van der Waals surface area contributed by atoms with Crippen molar-refractivity contribution in [2.45, 2.75) is 6.43 Å². The number of carbonyl (C=O) groups excluding carboxylic acids is 1. The van der Waals surface area contributed by atoms with Gasteiger partial charge in [0.2, 0.25) is 5.78 Å². The molecule has 0 aliphatic rings. The molecule has 0 spiro atoms. The third-order valence-electron chi connectivity index (χ3n) is 2.41. The molecule has 0 atom stereocenters. The normalized spacial score (nSPS) is 10.7. The van der Waals surface area contributed by atoms with E-state index in [0.29, 0.717) is 0 Å². The van der Waals surface area contributed by atoms with E-state index in [9.17, 15) is 13.6 Å². The van der Waals surface area contributed by atoms with Crippen LogP contribution in [0, 0.1) is 0 Å². The van der Waals surface area contributed by atoms with Crippen LogP contribution in [0.3, 0.4) is 0 Å². The van der Waals surface area contributed by atoms with Gasteiger partial charge in [-0.25, -0.2) is 8.78 Å². The van der Waals surface area contributed by atoms with Crippen molar-refractivity contribution in [3.8, 4) is 0 Å². The lowest BCUT2D eigenvalue weighted by Crippen LogP contribution is -2.08. The molecular weight excluding hydrogens is 260 g/mol. The molecule has 0 radical (unpaired) electrons. The van der Waals surface area contributed by atoms with Gasteiger partial charge < -0.3 is 0 Å². The Morgan fingerprint density at radius 1 is 1.17 bits per heavy atom. The maximum atomic E-state index is 12.9. The maximum Gasteiger partial charge on any atom is 0.264 e.